The second-order valence-corrected chi connectivity index (χ2v) is 8.41. The van der Waals surface area contributed by atoms with Crippen LogP contribution < -0.4 is 5.32 Å². The molecule has 0 fully saturated rings. The molecule has 0 spiro atoms. The van der Waals surface area contributed by atoms with Crippen LogP contribution in [-0.2, 0) is 21.1 Å². The highest BCUT2D eigenvalue weighted by atomic mass is 32.2. The molecular weight excluding hydrogens is 350 g/mol. The Hall–Kier alpha value is -2.60. The van der Waals surface area contributed by atoms with E-state index >= 15 is 0 Å². The van der Waals surface area contributed by atoms with Gasteiger partial charge in [-0.1, -0.05) is 36.4 Å². The standard InChI is InChI=1S/C20H21NO4S/c1-15(13-17-14-16-7-5-6-10-19(16)25-17)21-20(22)11-12-26(23,24)18-8-3-2-4-9-18/h2-10,14-15H,11-13H2,1H3,(H,21,22)/t15-/m1/s1. The minimum absolute atomic E-state index is 0.0678. The highest BCUT2D eigenvalue weighted by Crippen LogP contribution is 2.19. The van der Waals surface area contributed by atoms with E-state index in [0.717, 1.165) is 16.7 Å². The molecule has 6 heteroatoms. The smallest absolute Gasteiger partial charge is 0.221 e. The molecule has 3 rings (SSSR count). The van der Waals surface area contributed by atoms with Gasteiger partial charge in [-0.05, 0) is 31.2 Å². The normalized spacial score (nSPS) is 12.8. The van der Waals surface area contributed by atoms with Crippen LogP contribution in [0.2, 0.25) is 0 Å². The van der Waals surface area contributed by atoms with E-state index in [1.165, 1.54) is 12.1 Å². The Labute approximate surface area is 152 Å². The van der Waals surface area contributed by atoms with Crippen molar-refractivity contribution >= 4 is 26.7 Å². The zero-order valence-electron chi connectivity index (χ0n) is 14.5. The molecule has 0 saturated carbocycles. The molecule has 136 valence electrons. The summed E-state index contributed by atoms with van der Waals surface area (Å²) in [5.41, 5.74) is 0.815. The van der Waals surface area contributed by atoms with Crippen LogP contribution in [-0.4, -0.2) is 26.1 Å². The largest absolute Gasteiger partial charge is 0.461 e. The molecule has 0 aliphatic rings. The van der Waals surface area contributed by atoms with E-state index in [0.29, 0.717) is 6.42 Å². The third-order valence-corrected chi connectivity index (χ3v) is 5.82. The first-order chi connectivity index (χ1) is 12.4. The van der Waals surface area contributed by atoms with Crippen molar-refractivity contribution in [2.24, 2.45) is 0 Å². The summed E-state index contributed by atoms with van der Waals surface area (Å²) in [6.45, 7) is 1.87. The number of nitrogens with one attached hydrogen (secondary N) is 1. The zero-order chi connectivity index (χ0) is 18.6. The molecule has 0 aliphatic heterocycles. The van der Waals surface area contributed by atoms with Crippen molar-refractivity contribution in [3.63, 3.8) is 0 Å². The summed E-state index contributed by atoms with van der Waals surface area (Å²) in [6, 6.07) is 17.7. The number of furan rings is 1. The number of hydrogen-bond donors (Lipinski definition) is 1. The van der Waals surface area contributed by atoms with E-state index in [-0.39, 0.29) is 29.0 Å². The monoisotopic (exact) mass is 371 g/mol. The molecule has 0 bridgehead atoms. The number of para-hydroxylation sites is 1. The van der Waals surface area contributed by atoms with Gasteiger partial charge in [-0.25, -0.2) is 8.42 Å². The van der Waals surface area contributed by atoms with E-state index in [9.17, 15) is 13.2 Å². The van der Waals surface area contributed by atoms with E-state index in [1.54, 1.807) is 18.2 Å². The summed E-state index contributed by atoms with van der Waals surface area (Å²) in [4.78, 5) is 12.3. The topological polar surface area (TPSA) is 76.4 Å². The Kier molecular flexibility index (Phi) is 5.42. The molecule has 0 unspecified atom stereocenters. The average Bonchev–Trinajstić information content (AvgIpc) is 3.03. The van der Waals surface area contributed by atoms with Gasteiger partial charge >= 0.3 is 0 Å². The van der Waals surface area contributed by atoms with Gasteiger partial charge in [0.25, 0.3) is 0 Å². The molecule has 2 aromatic carbocycles. The lowest BCUT2D eigenvalue weighted by atomic mass is 10.1. The first-order valence-corrected chi connectivity index (χ1v) is 10.1. The maximum atomic E-state index is 12.2. The fourth-order valence-corrected chi connectivity index (χ4v) is 4.07. The molecule has 0 saturated heterocycles. The Balaban J connectivity index is 1.52. The van der Waals surface area contributed by atoms with Crippen molar-refractivity contribution in [3.05, 3.63) is 66.4 Å². The maximum Gasteiger partial charge on any atom is 0.221 e. The summed E-state index contributed by atoms with van der Waals surface area (Å²) in [6.07, 6.45) is 0.480. The van der Waals surface area contributed by atoms with Crippen molar-refractivity contribution < 1.29 is 17.6 Å². The predicted octanol–water partition coefficient (Wildman–Crippen LogP) is 3.34. The predicted molar refractivity (Wildman–Crippen MR) is 101 cm³/mol. The van der Waals surface area contributed by atoms with Crippen molar-refractivity contribution in [3.8, 4) is 0 Å². The van der Waals surface area contributed by atoms with Crippen LogP contribution in [0.4, 0.5) is 0 Å². The van der Waals surface area contributed by atoms with Gasteiger partial charge in [0.2, 0.25) is 5.91 Å². The molecule has 26 heavy (non-hydrogen) atoms. The molecular formula is C20H21NO4S. The van der Waals surface area contributed by atoms with Crippen LogP contribution in [0.25, 0.3) is 11.0 Å². The summed E-state index contributed by atoms with van der Waals surface area (Å²) in [7, 11) is -3.45. The van der Waals surface area contributed by atoms with E-state index in [2.05, 4.69) is 5.32 Å². The Morgan fingerprint density at radius 1 is 1.08 bits per heavy atom. The quantitative estimate of drug-likeness (QED) is 0.691. The summed E-state index contributed by atoms with van der Waals surface area (Å²) in [5, 5.41) is 3.86. The first-order valence-electron chi connectivity index (χ1n) is 8.49. The highest BCUT2D eigenvalue weighted by molar-refractivity contribution is 7.91. The molecule has 0 radical (unpaired) electrons. The molecule has 1 N–H and O–H groups in total. The number of carbonyl (C=O) groups excluding carboxylic acids is 1. The number of carbonyl (C=O) groups is 1. The molecule has 1 heterocycles. The molecule has 1 atom stereocenters. The van der Waals surface area contributed by atoms with Gasteiger partial charge in [0.15, 0.2) is 9.84 Å². The summed E-state index contributed by atoms with van der Waals surface area (Å²) >= 11 is 0. The summed E-state index contributed by atoms with van der Waals surface area (Å²) < 4.78 is 30.2. The van der Waals surface area contributed by atoms with Crippen LogP contribution in [0.15, 0.2) is 70.0 Å². The van der Waals surface area contributed by atoms with Gasteiger partial charge in [-0.3, -0.25) is 4.79 Å². The highest BCUT2D eigenvalue weighted by Gasteiger charge is 2.17. The molecule has 1 amide bonds. The van der Waals surface area contributed by atoms with Gasteiger partial charge in [-0.2, -0.15) is 0 Å². The number of sulfone groups is 1. The van der Waals surface area contributed by atoms with Crippen molar-refractivity contribution in [2.75, 3.05) is 5.75 Å². The first kappa shape index (κ1) is 18.2. The Bertz CT molecular complexity index is 960. The van der Waals surface area contributed by atoms with Gasteiger partial charge in [0, 0.05) is 24.3 Å². The zero-order valence-corrected chi connectivity index (χ0v) is 15.3. The maximum absolute atomic E-state index is 12.2. The van der Waals surface area contributed by atoms with Crippen LogP contribution in [0, 0.1) is 0 Å². The lowest BCUT2D eigenvalue weighted by molar-refractivity contribution is -0.121. The summed E-state index contributed by atoms with van der Waals surface area (Å²) in [5.74, 6) is 0.296. The Morgan fingerprint density at radius 2 is 1.77 bits per heavy atom. The second kappa shape index (κ2) is 7.74. The number of fused-ring (bicyclic) bond motifs is 1. The SMILES string of the molecule is C[C@H](Cc1cc2ccccc2o1)NC(=O)CCS(=O)(=O)c1ccccc1. The van der Waals surface area contributed by atoms with Crippen molar-refractivity contribution in [2.45, 2.75) is 30.7 Å². The molecule has 3 aromatic rings. The average molecular weight is 371 g/mol. The van der Waals surface area contributed by atoms with E-state index in [4.69, 9.17) is 4.42 Å². The molecule has 1 aromatic heterocycles. The van der Waals surface area contributed by atoms with Crippen molar-refractivity contribution in [1.29, 1.82) is 0 Å². The van der Waals surface area contributed by atoms with E-state index in [1.807, 2.05) is 37.3 Å². The fraction of sp³-hybridized carbons (Fsp3) is 0.250. The Morgan fingerprint density at radius 3 is 2.50 bits per heavy atom. The number of amides is 1. The number of hydrogen-bond acceptors (Lipinski definition) is 4. The minimum Gasteiger partial charge on any atom is -0.461 e. The van der Waals surface area contributed by atoms with Crippen LogP contribution in [0.1, 0.15) is 19.1 Å². The fourth-order valence-electron chi connectivity index (χ4n) is 2.81. The number of benzene rings is 2. The lowest BCUT2D eigenvalue weighted by Crippen LogP contribution is -2.34. The number of rotatable bonds is 7. The van der Waals surface area contributed by atoms with Crippen LogP contribution in [0.3, 0.4) is 0 Å². The molecule has 0 aliphatic carbocycles. The van der Waals surface area contributed by atoms with Gasteiger partial charge in [0.05, 0.1) is 10.6 Å². The third-order valence-electron chi connectivity index (χ3n) is 4.09. The van der Waals surface area contributed by atoms with Crippen molar-refractivity contribution in [1.82, 2.24) is 5.32 Å². The van der Waals surface area contributed by atoms with Gasteiger partial charge < -0.3 is 9.73 Å². The van der Waals surface area contributed by atoms with Crippen LogP contribution >= 0.6 is 0 Å². The van der Waals surface area contributed by atoms with Gasteiger partial charge in [-0.15, -0.1) is 0 Å². The minimum atomic E-state index is -3.45. The molecule has 5 nitrogen and oxygen atoms in total. The van der Waals surface area contributed by atoms with Gasteiger partial charge in [0.1, 0.15) is 11.3 Å². The van der Waals surface area contributed by atoms with E-state index < -0.39 is 9.84 Å². The lowest BCUT2D eigenvalue weighted by Gasteiger charge is -2.12. The second-order valence-electron chi connectivity index (χ2n) is 6.31. The third kappa shape index (κ3) is 4.52. The van der Waals surface area contributed by atoms with Crippen LogP contribution in [0.5, 0.6) is 0 Å².